The molecular formula is C14H14ClNO5. The van der Waals surface area contributed by atoms with Crippen molar-refractivity contribution in [3.8, 4) is 0 Å². The summed E-state index contributed by atoms with van der Waals surface area (Å²) in [5.41, 5.74) is 0.340. The molecule has 6 nitrogen and oxygen atoms in total. The van der Waals surface area contributed by atoms with Gasteiger partial charge in [-0.2, -0.15) is 0 Å². The molecule has 1 aromatic carbocycles. The Labute approximate surface area is 126 Å². The van der Waals surface area contributed by atoms with Crippen LogP contribution < -0.4 is 5.32 Å². The largest absolute Gasteiger partial charge is 0.463 e. The second-order valence-corrected chi connectivity index (χ2v) is 4.83. The average molecular weight is 312 g/mol. The van der Waals surface area contributed by atoms with Crippen molar-refractivity contribution in [1.82, 2.24) is 5.32 Å². The molecule has 1 aromatic rings. The topological polar surface area (TPSA) is 81.7 Å². The van der Waals surface area contributed by atoms with Crippen LogP contribution in [0, 0.1) is 0 Å². The lowest BCUT2D eigenvalue weighted by Crippen LogP contribution is -2.29. The predicted molar refractivity (Wildman–Crippen MR) is 73.9 cm³/mol. The summed E-state index contributed by atoms with van der Waals surface area (Å²) in [5.74, 6) is -1.45. The van der Waals surface area contributed by atoms with E-state index in [1.165, 1.54) is 0 Å². The smallest absolute Gasteiger partial charge is 0.347 e. The minimum Gasteiger partial charge on any atom is -0.463 e. The molecule has 2 rings (SSSR count). The molecule has 1 aliphatic heterocycles. The Morgan fingerprint density at radius 3 is 2.81 bits per heavy atom. The number of carbonyl (C=O) groups is 3. The lowest BCUT2D eigenvalue weighted by Gasteiger charge is -2.09. The Bertz CT molecular complexity index is 560. The van der Waals surface area contributed by atoms with Crippen LogP contribution in [0.5, 0.6) is 0 Å². The Hall–Kier alpha value is -2.08. The molecule has 1 N–H and O–H groups in total. The molecule has 0 spiro atoms. The molecule has 112 valence electrons. The van der Waals surface area contributed by atoms with Gasteiger partial charge in [-0.25, -0.2) is 4.79 Å². The van der Waals surface area contributed by atoms with E-state index < -0.39 is 18.0 Å². The van der Waals surface area contributed by atoms with Crippen LogP contribution in [0.4, 0.5) is 0 Å². The lowest BCUT2D eigenvalue weighted by atomic mass is 10.2. The van der Waals surface area contributed by atoms with Gasteiger partial charge in [0.15, 0.2) is 0 Å². The van der Waals surface area contributed by atoms with Crippen molar-refractivity contribution in [3.05, 3.63) is 34.9 Å². The van der Waals surface area contributed by atoms with Crippen molar-refractivity contribution in [2.24, 2.45) is 0 Å². The van der Waals surface area contributed by atoms with Gasteiger partial charge in [-0.1, -0.05) is 23.7 Å². The molecule has 0 aliphatic carbocycles. The van der Waals surface area contributed by atoms with E-state index in [0.29, 0.717) is 17.0 Å². The normalized spacial score (nSPS) is 17.2. The van der Waals surface area contributed by atoms with Gasteiger partial charge >= 0.3 is 11.9 Å². The van der Waals surface area contributed by atoms with E-state index in [-0.39, 0.29) is 25.5 Å². The van der Waals surface area contributed by atoms with Gasteiger partial charge in [0.05, 0.1) is 23.6 Å². The highest BCUT2D eigenvalue weighted by Gasteiger charge is 2.29. The highest BCUT2D eigenvalue weighted by molar-refractivity contribution is 6.33. The lowest BCUT2D eigenvalue weighted by molar-refractivity contribution is -0.160. The van der Waals surface area contributed by atoms with Crippen molar-refractivity contribution in [3.63, 3.8) is 0 Å². The van der Waals surface area contributed by atoms with Crippen LogP contribution in [-0.2, 0) is 19.1 Å². The third-order valence-corrected chi connectivity index (χ3v) is 3.22. The summed E-state index contributed by atoms with van der Waals surface area (Å²) >= 11 is 5.89. The Morgan fingerprint density at radius 1 is 1.38 bits per heavy atom. The zero-order valence-corrected chi connectivity index (χ0v) is 11.9. The number of carbonyl (C=O) groups excluding carboxylic acids is 3. The van der Waals surface area contributed by atoms with Crippen molar-refractivity contribution in [2.75, 3.05) is 13.2 Å². The van der Waals surface area contributed by atoms with Crippen LogP contribution in [0.25, 0.3) is 0 Å². The minimum atomic E-state index is -0.822. The highest BCUT2D eigenvalue weighted by Crippen LogP contribution is 2.14. The molecule has 0 unspecified atom stereocenters. The van der Waals surface area contributed by atoms with Gasteiger partial charge in [0.1, 0.15) is 0 Å². The van der Waals surface area contributed by atoms with E-state index in [4.69, 9.17) is 16.3 Å². The van der Waals surface area contributed by atoms with Crippen LogP contribution in [0.2, 0.25) is 5.02 Å². The first kappa shape index (κ1) is 15.3. The van der Waals surface area contributed by atoms with E-state index in [9.17, 15) is 14.4 Å². The van der Waals surface area contributed by atoms with E-state index in [0.717, 1.165) is 0 Å². The van der Waals surface area contributed by atoms with Gasteiger partial charge in [-0.3, -0.25) is 9.59 Å². The fourth-order valence-electron chi connectivity index (χ4n) is 1.82. The Kier molecular flexibility index (Phi) is 5.16. The third kappa shape index (κ3) is 4.19. The molecule has 21 heavy (non-hydrogen) atoms. The van der Waals surface area contributed by atoms with Gasteiger partial charge < -0.3 is 14.8 Å². The van der Waals surface area contributed by atoms with Crippen LogP contribution >= 0.6 is 11.6 Å². The number of halogens is 1. The van der Waals surface area contributed by atoms with Gasteiger partial charge in [0.25, 0.3) is 5.91 Å². The molecule has 1 aliphatic rings. The molecule has 0 aromatic heterocycles. The summed E-state index contributed by atoms with van der Waals surface area (Å²) in [6.07, 6.45) is -0.479. The number of hydrogen-bond donors (Lipinski definition) is 1. The second-order valence-electron chi connectivity index (χ2n) is 4.42. The van der Waals surface area contributed by atoms with Crippen molar-refractivity contribution in [1.29, 1.82) is 0 Å². The molecule has 0 bridgehead atoms. The van der Waals surface area contributed by atoms with Crippen molar-refractivity contribution in [2.45, 2.75) is 18.9 Å². The van der Waals surface area contributed by atoms with Crippen LogP contribution in [0.15, 0.2) is 24.3 Å². The highest BCUT2D eigenvalue weighted by atomic mass is 35.5. The summed E-state index contributed by atoms with van der Waals surface area (Å²) < 4.78 is 9.62. The van der Waals surface area contributed by atoms with Crippen LogP contribution in [-0.4, -0.2) is 37.1 Å². The molecule has 1 fully saturated rings. The number of esters is 2. The van der Waals surface area contributed by atoms with Crippen LogP contribution in [0.3, 0.4) is 0 Å². The molecule has 1 heterocycles. The molecule has 0 radical (unpaired) electrons. The SMILES string of the molecule is O=C(CCNC(=O)c1ccccc1Cl)O[C@H]1CCOC1=O. The maximum Gasteiger partial charge on any atom is 0.347 e. The van der Waals surface area contributed by atoms with Crippen LogP contribution in [0.1, 0.15) is 23.2 Å². The molecule has 1 atom stereocenters. The summed E-state index contributed by atoms with van der Waals surface area (Å²) in [4.78, 5) is 34.5. The summed E-state index contributed by atoms with van der Waals surface area (Å²) in [6, 6.07) is 6.61. The molecule has 0 saturated carbocycles. The fourth-order valence-corrected chi connectivity index (χ4v) is 2.04. The summed E-state index contributed by atoms with van der Waals surface area (Å²) in [7, 11) is 0. The first-order valence-corrected chi connectivity index (χ1v) is 6.84. The van der Waals surface area contributed by atoms with Gasteiger partial charge in [-0.15, -0.1) is 0 Å². The zero-order chi connectivity index (χ0) is 15.2. The number of amides is 1. The van der Waals surface area contributed by atoms with E-state index in [1.54, 1.807) is 24.3 Å². The summed E-state index contributed by atoms with van der Waals surface area (Å²) in [6.45, 7) is 0.366. The average Bonchev–Trinajstić information content (AvgIpc) is 2.84. The quantitative estimate of drug-likeness (QED) is 0.829. The standard InChI is InChI=1S/C14H14ClNO5/c15-10-4-2-1-3-9(10)13(18)16-7-5-12(17)21-11-6-8-20-14(11)19/h1-4,11H,5-8H2,(H,16,18)/t11-/m0/s1. The van der Waals surface area contributed by atoms with Crippen molar-refractivity contribution >= 4 is 29.4 Å². The van der Waals surface area contributed by atoms with E-state index in [2.05, 4.69) is 10.1 Å². The maximum atomic E-state index is 11.8. The molecule has 1 amide bonds. The Morgan fingerprint density at radius 2 is 2.14 bits per heavy atom. The third-order valence-electron chi connectivity index (χ3n) is 2.89. The molecule has 7 heteroatoms. The minimum absolute atomic E-state index is 0.0278. The predicted octanol–water partition coefficient (Wildman–Crippen LogP) is 1.32. The summed E-state index contributed by atoms with van der Waals surface area (Å²) in [5, 5.41) is 2.91. The van der Waals surface area contributed by atoms with Gasteiger partial charge in [0, 0.05) is 13.0 Å². The van der Waals surface area contributed by atoms with Gasteiger partial charge in [0.2, 0.25) is 6.10 Å². The fraction of sp³-hybridized carbons (Fsp3) is 0.357. The van der Waals surface area contributed by atoms with Crippen molar-refractivity contribution < 1.29 is 23.9 Å². The maximum absolute atomic E-state index is 11.8. The Balaban J connectivity index is 1.74. The number of nitrogens with one attached hydrogen (secondary N) is 1. The molecule has 1 saturated heterocycles. The number of hydrogen-bond acceptors (Lipinski definition) is 5. The van der Waals surface area contributed by atoms with E-state index in [1.807, 2.05) is 0 Å². The second kappa shape index (κ2) is 7.08. The number of rotatable bonds is 5. The number of ether oxygens (including phenoxy) is 2. The van der Waals surface area contributed by atoms with E-state index >= 15 is 0 Å². The molecular weight excluding hydrogens is 298 g/mol. The van der Waals surface area contributed by atoms with Gasteiger partial charge in [-0.05, 0) is 12.1 Å². The zero-order valence-electron chi connectivity index (χ0n) is 11.1. The number of benzene rings is 1. The number of cyclic esters (lactones) is 1. The first-order chi connectivity index (χ1) is 10.1. The first-order valence-electron chi connectivity index (χ1n) is 6.47. The monoisotopic (exact) mass is 311 g/mol.